The van der Waals surface area contributed by atoms with Gasteiger partial charge in [0.2, 0.25) is 0 Å². The molecule has 0 unspecified atom stereocenters. The van der Waals surface area contributed by atoms with Crippen LogP contribution in [0.25, 0.3) is 0 Å². The van der Waals surface area contributed by atoms with E-state index in [9.17, 15) is 0 Å². The second-order valence-electron chi connectivity index (χ2n) is 2.64. The molecule has 0 fully saturated rings. The van der Waals surface area contributed by atoms with Gasteiger partial charge in [0.1, 0.15) is 0 Å². The molecule has 3 heteroatoms. The molecule has 0 aromatic rings. The monoisotopic (exact) mass is 141 g/mol. The molecule has 4 N–H and O–H groups in total. The van der Waals surface area contributed by atoms with Crippen LogP contribution in [0.2, 0.25) is 0 Å². The normalized spacial score (nSPS) is 11.0. The van der Waals surface area contributed by atoms with Gasteiger partial charge >= 0.3 is 0 Å². The van der Waals surface area contributed by atoms with Gasteiger partial charge in [0, 0.05) is 6.42 Å². The SMILES string of the molecule is CCCC(N)(N)CCC#N. The van der Waals surface area contributed by atoms with Crippen molar-refractivity contribution in [1.29, 1.82) is 5.26 Å². The predicted octanol–water partition coefficient (Wildman–Crippen LogP) is 0.704. The summed E-state index contributed by atoms with van der Waals surface area (Å²) in [6.07, 6.45) is 2.80. The maximum absolute atomic E-state index is 8.24. The molecular formula is C7H15N3. The molecule has 0 aromatic heterocycles. The van der Waals surface area contributed by atoms with Crippen LogP contribution in [0.15, 0.2) is 0 Å². The molecule has 0 aromatic carbocycles. The third kappa shape index (κ3) is 4.30. The first kappa shape index (κ1) is 9.41. The molecule has 0 bridgehead atoms. The van der Waals surface area contributed by atoms with Crippen LogP contribution in [0.3, 0.4) is 0 Å². The van der Waals surface area contributed by atoms with Gasteiger partial charge in [0.15, 0.2) is 0 Å². The molecule has 10 heavy (non-hydrogen) atoms. The maximum atomic E-state index is 8.24. The zero-order valence-electron chi connectivity index (χ0n) is 6.43. The molecule has 0 amide bonds. The first-order valence-corrected chi connectivity index (χ1v) is 3.57. The number of hydrogen-bond donors (Lipinski definition) is 2. The zero-order valence-corrected chi connectivity index (χ0v) is 6.43. The Kier molecular flexibility index (Phi) is 4.01. The van der Waals surface area contributed by atoms with Crippen molar-refractivity contribution >= 4 is 0 Å². The van der Waals surface area contributed by atoms with E-state index in [1.54, 1.807) is 0 Å². The second kappa shape index (κ2) is 4.26. The third-order valence-electron chi connectivity index (χ3n) is 1.42. The average Bonchev–Trinajstić information content (AvgIpc) is 1.84. The van der Waals surface area contributed by atoms with Gasteiger partial charge in [-0.25, -0.2) is 0 Å². The van der Waals surface area contributed by atoms with Gasteiger partial charge in [-0.15, -0.1) is 0 Å². The Labute approximate surface area is 62.0 Å². The Bertz CT molecular complexity index is 123. The molecule has 0 spiro atoms. The molecule has 0 rings (SSSR count). The Morgan fingerprint density at radius 3 is 2.40 bits per heavy atom. The number of nitrogens with two attached hydrogens (primary N) is 2. The maximum Gasteiger partial charge on any atom is 0.0646 e. The highest BCUT2D eigenvalue weighted by Gasteiger charge is 2.16. The van der Waals surface area contributed by atoms with Crippen LogP contribution in [0.1, 0.15) is 32.6 Å². The topological polar surface area (TPSA) is 75.8 Å². The molecular weight excluding hydrogens is 126 g/mol. The molecule has 0 aliphatic carbocycles. The Morgan fingerprint density at radius 1 is 1.40 bits per heavy atom. The van der Waals surface area contributed by atoms with Crippen molar-refractivity contribution < 1.29 is 0 Å². The minimum Gasteiger partial charge on any atom is -0.313 e. The predicted molar refractivity (Wildman–Crippen MR) is 40.9 cm³/mol. The van der Waals surface area contributed by atoms with Crippen molar-refractivity contribution in [2.75, 3.05) is 0 Å². The van der Waals surface area contributed by atoms with E-state index < -0.39 is 5.66 Å². The number of nitrogens with zero attached hydrogens (tertiary/aromatic N) is 1. The summed E-state index contributed by atoms with van der Waals surface area (Å²) in [6.45, 7) is 2.03. The van der Waals surface area contributed by atoms with Gasteiger partial charge in [-0.1, -0.05) is 13.3 Å². The summed E-state index contributed by atoms with van der Waals surface area (Å²) in [6, 6.07) is 2.02. The van der Waals surface area contributed by atoms with Crippen molar-refractivity contribution in [3.8, 4) is 6.07 Å². The van der Waals surface area contributed by atoms with Crippen LogP contribution in [-0.4, -0.2) is 5.66 Å². The number of nitriles is 1. The summed E-state index contributed by atoms with van der Waals surface area (Å²) in [7, 11) is 0. The van der Waals surface area contributed by atoms with Gasteiger partial charge in [-0.3, -0.25) is 0 Å². The van der Waals surface area contributed by atoms with E-state index in [-0.39, 0.29) is 0 Å². The Morgan fingerprint density at radius 2 is 2.00 bits per heavy atom. The van der Waals surface area contributed by atoms with Crippen LogP contribution in [0, 0.1) is 11.3 Å². The molecule has 0 saturated heterocycles. The lowest BCUT2D eigenvalue weighted by atomic mass is 10.0. The zero-order chi connectivity index (χ0) is 8.04. The molecule has 0 aliphatic heterocycles. The number of hydrogen-bond acceptors (Lipinski definition) is 3. The van der Waals surface area contributed by atoms with Crippen molar-refractivity contribution in [2.24, 2.45) is 11.5 Å². The van der Waals surface area contributed by atoms with Crippen LogP contribution < -0.4 is 11.5 Å². The summed E-state index contributed by atoms with van der Waals surface area (Å²) in [5.41, 5.74) is 10.7. The lowest BCUT2D eigenvalue weighted by Crippen LogP contribution is -2.48. The van der Waals surface area contributed by atoms with Crippen LogP contribution in [-0.2, 0) is 0 Å². The summed E-state index contributed by atoms with van der Waals surface area (Å²) >= 11 is 0. The van der Waals surface area contributed by atoms with Crippen molar-refractivity contribution in [3.05, 3.63) is 0 Å². The molecule has 0 heterocycles. The highest BCUT2D eigenvalue weighted by atomic mass is 14.9. The first-order chi connectivity index (χ1) is 4.62. The largest absolute Gasteiger partial charge is 0.313 e. The Balaban J connectivity index is 3.54. The first-order valence-electron chi connectivity index (χ1n) is 3.57. The second-order valence-corrected chi connectivity index (χ2v) is 2.64. The molecule has 0 aliphatic rings. The van der Waals surface area contributed by atoms with Crippen LogP contribution >= 0.6 is 0 Å². The fourth-order valence-electron chi connectivity index (χ4n) is 0.879. The van der Waals surface area contributed by atoms with Gasteiger partial charge in [-0.2, -0.15) is 5.26 Å². The van der Waals surface area contributed by atoms with E-state index in [0.29, 0.717) is 12.8 Å². The molecule has 0 radical (unpaired) electrons. The summed E-state index contributed by atoms with van der Waals surface area (Å²) < 4.78 is 0. The van der Waals surface area contributed by atoms with E-state index in [4.69, 9.17) is 16.7 Å². The van der Waals surface area contributed by atoms with Crippen LogP contribution in [0.4, 0.5) is 0 Å². The smallest absolute Gasteiger partial charge is 0.0646 e. The van der Waals surface area contributed by atoms with E-state index in [0.717, 1.165) is 12.8 Å². The highest BCUT2D eigenvalue weighted by Crippen LogP contribution is 2.08. The van der Waals surface area contributed by atoms with Crippen molar-refractivity contribution in [3.63, 3.8) is 0 Å². The number of rotatable bonds is 4. The average molecular weight is 141 g/mol. The Hall–Kier alpha value is -0.590. The lowest BCUT2D eigenvalue weighted by molar-refractivity contribution is 0.379. The van der Waals surface area contributed by atoms with Crippen LogP contribution in [0.5, 0.6) is 0 Å². The highest BCUT2D eigenvalue weighted by molar-refractivity contribution is 4.81. The molecule has 0 atom stereocenters. The third-order valence-corrected chi connectivity index (χ3v) is 1.42. The van der Waals surface area contributed by atoms with E-state index >= 15 is 0 Å². The molecule has 3 nitrogen and oxygen atoms in total. The summed E-state index contributed by atoms with van der Waals surface area (Å²) in [4.78, 5) is 0. The van der Waals surface area contributed by atoms with Gasteiger partial charge < -0.3 is 11.5 Å². The summed E-state index contributed by atoms with van der Waals surface area (Å²) in [5, 5.41) is 8.24. The standard InChI is InChI=1S/C7H15N3/c1-2-4-7(9,10)5-3-6-8/h2-5,9-10H2,1H3. The fourth-order valence-corrected chi connectivity index (χ4v) is 0.879. The van der Waals surface area contributed by atoms with E-state index in [1.165, 1.54) is 0 Å². The summed E-state index contributed by atoms with van der Waals surface area (Å²) in [5.74, 6) is 0. The van der Waals surface area contributed by atoms with Crippen molar-refractivity contribution in [2.45, 2.75) is 38.3 Å². The molecule has 58 valence electrons. The minimum absolute atomic E-state index is 0.451. The van der Waals surface area contributed by atoms with Gasteiger partial charge in [0.25, 0.3) is 0 Å². The minimum atomic E-state index is -0.621. The van der Waals surface area contributed by atoms with Crippen molar-refractivity contribution in [1.82, 2.24) is 0 Å². The van der Waals surface area contributed by atoms with Gasteiger partial charge in [-0.05, 0) is 12.8 Å². The lowest BCUT2D eigenvalue weighted by Gasteiger charge is -2.22. The van der Waals surface area contributed by atoms with E-state index in [2.05, 4.69) is 0 Å². The quantitative estimate of drug-likeness (QED) is 0.566. The van der Waals surface area contributed by atoms with E-state index in [1.807, 2.05) is 13.0 Å². The fraction of sp³-hybridized carbons (Fsp3) is 0.857. The molecule has 0 saturated carbocycles. The van der Waals surface area contributed by atoms with Gasteiger partial charge in [0.05, 0.1) is 11.7 Å².